The minimum atomic E-state index is 0.158. The Morgan fingerprint density at radius 2 is 2.00 bits per heavy atom. The molecule has 0 saturated carbocycles. The van der Waals surface area contributed by atoms with Gasteiger partial charge in [-0.25, -0.2) is 9.97 Å². The zero-order valence-electron chi connectivity index (χ0n) is 16.4. The maximum atomic E-state index is 12.7. The van der Waals surface area contributed by atoms with Gasteiger partial charge in [-0.15, -0.1) is 0 Å². The number of benzene rings is 1. The fourth-order valence-corrected chi connectivity index (χ4v) is 3.54. The molecule has 1 aromatic carbocycles. The van der Waals surface area contributed by atoms with Crippen LogP contribution in [-0.2, 0) is 11.2 Å². The quantitative estimate of drug-likeness (QED) is 0.693. The predicted molar refractivity (Wildman–Crippen MR) is 107 cm³/mol. The Kier molecular flexibility index (Phi) is 5.79. The lowest BCUT2D eigenvalue weighted by Crippen LogP contribution is -2.39. The molecule has 1 saturated heterocycles. The Hall–Kier alpha value is -3.29. The van der Waals surface area contributed by atoms with E-state index in [0.29, 0.717) is 24.5 Å². The Labute approximate surface area is 169 Å². The van der Waals surface area contributed by atoms with Crippen molar-refractivity contribution in [3.05, 3.63) is 54.2 Å². The van der Waals surface area contributed by atoms with E-state index in [1.54, 1.807) is 18.6 Å². The molecule has 0 spiro atoms. The number of aromatic nitrogens is 5. The molecule has 1 N–H and O–H groups in total. The average molecular weight is 392 g/mol. The molecule has 0 unspecified atom stereocenters. The number of aromatic amines is 1. The van der Waals surface area contributed by atoms with Gasteiger partial charge in [0.1, 0.15) is 17.3 Å². The monoisotopic (exact) mass is 392 g/mol. The summed E-state index contributed by atoms with van der Waals surface area (Å²) < 4.78 is 5.45. The van der Waals surface area contributed by atoms with Crippen molar-refractivity contribution in [3.63, 3.8) is 0 Å². The number of hydrogen-bond acceptors (Lipinski definition) is 6. The Morgan fingerprint density at radius 1 is 1.21 bits per heavy atom. The van der Waals surface area contributed by atoms with Gasteiger partial charge in [-0.1, -0.05) is 12.1 Å². The van der Waals surface area contributed by atoms with Gasteiger partial charge in [-0.05, 0) is 37.5 Å². The number of nitrogens with one attached hydrogen (secondary N) is 1. The summed E-state index contributed by atoms with van der Waals surface area (Å²) in [4.78, 5) is 27.5. The van der Waals surface area contributed by atoms with E-state index in [1.807, 2.05) is 36.1 Å². The van der Waals surface area contributed by atoms with Crippen LogP contribution in [0.1, 0.15) is 37.1 Å². The van der Waals surface area contributed by atoms with Gasteiger partial charge in [-0.3, -0.25) is 14.9 Å². The highest BCUT2D eigenvalue weighted by atomic mass is 16.5. The van der Waals surface area contributed by atoms with E-state index in [2.05, 4.69) is 25.1 Å². The van der Waals surface area contributed by atoms with Crippen molar-refractivity contribution in [2.75, 3.05) is 19.7 Å². The van der Waals surface area contributed by atoms with Crippen LogP contribution in [-0.4, -0.2) is 55.7 Å². The van der Waals surface area contributed by atoms with Crippen LogP contribution < -0.4 is 4.74 Å². The molecule has 0 atom stereocenters. The largest absolute Gasteiger partial charge is 0.494 e. The van der Waals surface area contributed by atoms with Gasteiger partial charge in [-0.2, -0.15) is 5.10 Å². The van der Waals surface area contributed by atoms with Crippen LogP contribution in [0.15, 0.2) is 42.9 Å². The third-order valence-electron chi connectivity index (χ3n) is 5.12. The lowest BCUT2D eigenvalue weighted by atomic mass is 9.95. The van der Waals surface area contributed by atoms with Crippen LogP contribution in [0, 0.1) is 0 Å². The first kappa shape index (κ1) is 19.0. The van der Waals surface area contributed by atoms with Crippen LogP contribution in [0.3, 0.4) is 0 Å². The lowest BCUT2D eigenvalue weighted by molar-refractivity contribution is -0.131. The van der Waals surface area contributed by atoms with E-state index in [4.69, 9.17) is 4.74 Å². The SMILES string of the molecule is CCOc1ccc(CC(=O)N2CCC(c3nc(-c4cnccn4)n[nH]3)CC2)cc1. The summed E-state index contributed by atoms with van der Waals surface area (Å²) in [5.74, 6) is 2.66. The summed E-state index contributed by atoms with van der Waals surface area (Å²) in [5.41, 5.74) is 1.65. The second-order valence-electron chi connectivity index (χ2n) is 7.04. The highest BCUT2D eigenvalue weighted by Gasteiger charge is 2.26. The zero-order valence-corrected chi connectivity index (χ0v) is 16.4. The maximum Gasteiger partial charge on any atom is 0.226 e. The van der Waals surface area contributed by atoms with Gasteiger partial charge in [0.05, 0.1) is 19.2 Å². The van der Waals surface area contributed by atoms with Crippen molar-refractivity contribution in [3.8, 4) is 17.3 Å². The molecule has 8 heteroatoms. The summed E-state index contributed by atoms with van der Waals surface area (Å²) in [6, 6.07) is 7.74. The van der Waals surface area contributed by atoms with Crippen LogP contribution in [0.2, 0.25) is 0 Å². The number of H-pyrrole nitrogens is 1. The Morgan fingerprint density at radius 3 is 2.69 bits per heavy atom. The molecule has 1 amide bonds. The van der Waals surface area contributed by atoms with Crippen molar-refractivity contribution in [2.45, 2.75) is 32.1 Å². The smallest absolute Gasteiger partial charge is 0.226 e. The number of carbonyl (C=O) groups is 1. The second-order valence-corrected chi connectivity index (χ2v) is 7.04. The fourth-order valence-electron chi connectivity index (χ4n) is 3.54. The van der Waals surface area contributed by atoms with Crippen LogP contribution in [0.5, 0.6) is 5.75 Å². The number of nitrogens with zero attached hydrogens (tertiary/aromatic N) is 5. The number of rotatable bonds is 6. The minimum Gasteiger partial charge on any atom is -0.494 e. The number of amides is 1. The first-order chi connectivity index (χ1) is 14.2. The van der Waals surface area contributed by atoms with Crippen molar-refractivity contribution in [2.24, 2.45) is 0 Å². The molecule has 4 rings (SSSR count). The predicted octanol–water partition coefficient (Wildman–Crippen LogP) is 2.61. The number of carbonyl (C=O) groups excluding carboxylic acids is 1. The van der Waals surface area contributed by atoms with Gasteiger partial charge in [0.2, 0.25) is 11.7 Å². The molecular weight excluding hydrogens is 368 g/mol. The van der Waals surface area contributed by atoms with E-state index < -0.39 is 0 Å². The summed E-state index contributed by atoms with van der Waals surface area (Å²) >= 11 is 0. The molecule has 1 fully saturated rings. The Bertz CT molecular complexity index is 933. The van der Waals surface area contributed by atoms with Crippen LogP contribution >= 0.6 is 0 Å². The molecule has 8 nitrogen and oxygen atoms in total. The molecular formula is C21H24N6O2. The fraction of sp³-hybridized carbons (Fsp3) is 0.381. The molecule has 1 aliphatic heterocycles. The average Bonchev–Trinajstić information content (AvgIpc) is 3.26. The van der Waals surface area contributed by atoms with Gasteiger partial charge >= 0.3 is 0 Å². The van der Waals surface area contributed by atoms with Crippen molar-refractivity contribution < 1.29 is 9.53 Å². The van der Waals surface area contributed by atoms with Crippen LogP contribution in [0.25, 0.3) is 11.5 Å². The zero-order chi connectivity index (χ0) is 20.1. The van der Waals surface area contributed by atoms with Gasteiger partial charge in [0, 0.05) is 31.4 Å². The number of hydrogen-bond donors (Lipinski definition) is 1. The summed E-state index contributed by atoms with van der Waals surface area (Å²) in [6.07, 6.45) is 7.04. The summed E-state index contributed by atoms with van der Waals surface area (Å²) in [5, 5.41) is 7.29. The molecule has 3 aromatic rings. The molecule has 2 aromatic heterocycles. The highest BCUT2D eigenvalue weighted by Crippen LogP contribution is 2.27. The molecule has 150 valence electrons. The lowest BCUT2D eigenvalue weighted by Gasteiger charge is -2.31. The molecule has 0 radical (unpaired) electrons. The van der Waals surface area contributed by atoms with E-state index in [9.17, 15) is 4.79 Å². The summed E-state index contributed by atoms with van der Waals surface area (Å²) in [7, 11) is 0. The molecule has 0 bridgehead atoms. The first-order valence-corrected chi connectivity index (χ1v) is 9.91. The third-order valence-corrected chi connectivity index (χ3v) is 5.12. The molecule has 0 aliphatic carbocycles. The summed E-state index contributed by atoms with van der Waals surface area (Å²) in [6.45, 7) is 4.04. The van der Waals surface area contributed by atoms with Crippen molar-refractivity contribution in [1.29, 1.82) is 0 Å². The topological polar surface area (TPSA) is 96.9 Å². The minimum absolute atomic E-state index is 0.158. The second kappa shape index (κ2) is 8.81. The van der Waals surface area contributed by atoms with E-state index in [1.165, 1.54) is 0 Å². The van der Waals surface area contributed by atoms with E-state index in [0.717, 1.165) is 43.1 Å². The van der Waals surface area contributed by atoms with E-state index in [-0.39, 0.29) is 11.8 Å². The maximum absolute atomic E-state index is 12.7. The van der Waals surface area contributed by atoms with Gasteiger partial charge in [0.15, 0.2) is 0 Å². The Balaban J connectivity index is 1.31. The first-order valence-electron chi connectivity index (χ1n) is 9.91. The standard InChI is InChI=1S/C21H24N6O2/c1-2-29-17-5-3-15(4-6-17)13-19(28)27-11-7-16(8-12-27)20-24-21(26-25-20)18-14-22-9-10-23-18/h3-6,9-10,14,16H,2,7-8,11-13H2,1H3,(H,24,25,26). The van der Waals surface area contributed by atoms with E-state index >= 15 is 0 Å². The van der Waals surface area contributed by atoms with Gasteiger partial charge in [0.25, 0.3) is 0 Å². The number of piperidine rings is 1. The van der Waals surface area contributed by atoms with Crippen molar-refractivity contribution in [1.82, 2.24) is 30.0 Å². The number of ether oxygens (including phenoxy) is 1. The van der Waals surface area contributed by atoms with Crippen molar-refractivity contribution >= 4 is 5.91 Å². The van der Waals surface area contributed by atoms with Crippen LogP contribution in [0.4, 0.5) is 0 Å². The molecule has 1 aliphatic rings. The highest BCUT2D eigenvalue weighted by molar-refractivity contribution is 5.79. The molecule has 3 heterocycles. The number of likely N-dealkylation sites (tertiary alicyclic amines) is 1. The third kappa shape index (κ3) is 4.59. The molecule has 29 heavy (non-hydrogen) atoms. The normalized spacial score (nSPS) is 14.7. The van der Waals surface area contributed by atoms with Gasteiger partial charge < -0.3 is 9.64 Å².